The second kappa shape index (κ2) is 7.44. The van der Waals surface area contributed by atoms with Crippen molar-refractivity contribution in [2.24, 2.45) is 0 Å². The van der Waals surface area contributed by atoms with Crippen LogP contribution in [0.2, 0.25) is 0 Å². The van der Waals surface area contributed by atoms with Gasteiger partial charge >= 0.3 is 12.1 Å². The first kappa shape index (κ1) is 18.2. The number of nitrogens with zero attached hydrogens (tertiary/aromatic N) is 1. The third kappa shape index (κ3) is 3.25. The van der Waals surface area contributed by atoms with Crippen LogP contribution in [0.4, 0.5) is 9.80 Å². The second-order valence-corrected chi connectivity index (χ2v) is 7.48. The molecule has 0 radical (unpaired) electrons. The highest BCUT2D eigenvalue weighted by Gasteiger charge is 2.29. The number of ether oxygens (including phenoxy) is 1. The number of benzene rings is 2. The molecule has 1 aliphatic rings. The highest BCUT2D eigenvalue weighted by atomic mass is 32.1. The van der Waals surface area contributed by atoms with Gasteiger partial charge in [0.15, 0.2) is 5.69 Å². The van der Waals surface area contributed by atoms with E-state index in [1.165, 1.54) is 0 Å². The number of hydrogen-bond donors (Lipinski definition) is 2. The molecule has 0 aliphatic heterocycles. The standard InChI is InChI=1S/C21H18N2O4S/c1-2-17-22-18(20(24)25)19(28-17)23-21(26)27-11-16-14-9-5-3-7-12(14)13-8-4-6-10-15(13)16/h3-10,16H,2,11H2,1H3,(H,23,26)(H,24,25). The zero-order chi connectivity index (χ0) is 19.7. The zero-order valence-corrected chi connectivity index (χ0v) is 16.0. The number of hydrogen-bond acceptors (Lipinski definition) is 5. The van der Waals surface area contributed by atoms with Crippen LogP contribution in [0.15, 0.2) is 48.5 Å². The Labute approximate surface area is 165 Å². The number of carbonyl (C=O) groups is 2. The SMILES string of the molecule is CCc1nc(C(=O)O)c(NC(=O)OCC2c3ccccc3-c3ccccc32)s1. The molecule has 0 atom stereocenters. The molecule has 0 saturated heterocycles. The predicted octanol–water partition coefficient (Wildman–Crippen LogP) is 4.76. The maximum absolute atomic E-state index is 12.3. The van der Waals surface area contributed by atoms with Crippen molar-refractivity contribution >= 4 is 28.4 Å². The minimum atomic E-state index is -1.18. The van der Waals surface area contributed by atoms with Gasteiger partial charge in [-0.3, -0.25) is 5.32 Å². The van der Waals surface area contributed by atoms with Crippen LogP contribution >= 0.6 is 11.3 Å². The second-order valence-electron chi connectivity index (χ2n) is 6.39. The fraction of sp³-hybridized carbons (Fsp3) is 0.190. The molecule has 3 aromatic rings. The summed E-state index contributed by atoms with van der Waals surface area (Å²) in [6, 6.07) is 16.2. The maximum atomic E-state index is 12.3. The van der Waals surface area contributed by atoms with E-state index in [1.807, 2.05) is 43.3 Å². The van der Waals surface area contributed by atoms with E-state index in [4.69, 9.17) is 4.74 Å². The Morgan fingerprint density at radius 3 is 2.29 bits per heavy atom. The molecule has 6 nitrogen and oxygen atoms in total. The minimum absolute atomic E-state index is 0.0512. The van der Waals surface area contributed by atoms with Gasteiger partial charge in [0.25, 0.3) is 0 Å². The molecule has 1 amide bonds. The lowest BCUT2D eigenvalue weighted by atomic mass is 9.98. The summed E-state index contributed by atoms with van der Waals surface area (Å²) < 4.78 is 5.46. The smallest absolute Gasteiger partial charge is 0.412 e. The number of aromatic nitrogens is 1. The summed E-state index contributed by atoms with van der Waals surface area (Å²) in [4.78, 5) is 27.7. The number of anilines is 1. The van der Waals surface area contributed by atoms with E-state index in [2.05, 4.69) is 22.4 Å². The number of fused-ring (bicyclic) bond motifs is 3. The fourth-order valence-corrected chi connectivity index (χ4v) is 4.35. The predicted molar refractivity (Wildman–Crippen MR) is 107 cm³/mol. The summed E-state index contributed by atoms with van der Waals surface area (Å²) in [5.74, 6) is -1.23. The van der Waals surface area contributed by atoms with Gasteiger partial charge < -0.3 is 9.84 Å². The zero-order valence-electron chi connectivity index (χ0n) is 15.1. The van der Waals surface area contributed by atoms with E-state index in [1.54, 1.807) is 0 Å². The summed E-state index contributed by atoms with van der Waals surface area (Å²) in [7, 11) is 0. The van der Waals surface area contributed by atoms with Gasteiger partial charge in [-0.2, -0.15) is 0 Å². The van der Waals surface area contributed by atoms with Gasteiger partial charge in [-0.15, -0.1) is 11.3 Å². The highest BCUT2D eigenvalue weighted by molar-refractivity contribution is 7.16. The third-order valence-corrected chi connectivity index (χ3v) is 5.85. The normalized spacial score (nSPS) is 12.3. The quantitative estimate of drug-likeness (QED) is 0.651. The molecule has 0 bridgehead atoms. The molecule has 7 heteroatoms. The lowest BCUT2D eigenvalue weighted by Gasteiger charge is -2.14. The van der Waals surface area contributed by atoms with Gasteiger partial charge in [0.05, 0.1) is 5.01 Å². The molecule has 142 valence electrons. The van der Waals surface area contributed by atoms with Crippen LogP contribution in [0, 0.1) is 0 Å². The number of nitrogens with one attached hydrogen (secondary N) is 1. The number of rotatable bonds is 5. The van der Waals surface area contributed by atoms with Crippen LogP contribution in [-0.2, 0) is 11.2 Å². The lowest BCUT2D eigenvalue weighted by Crippen LogP contribution is -2.18. The number of aromatic carboxylic acids is 1. The summed E-state index contributed by atoms with van der Waals surface area (Å²) in [6.45, 7) is 2.04. The minimum Gasteiger partial charge on any atom is -0.476 e. The van der Waals surface area contributed by atoms with E-state index < -0.39 is 12.1 Å². The van der Waals surface area contributed by atoms with Crippen molar-refractivity contribution in [3.8, 4) is 11.1 Å². The molecule has 4 rings (SSSR count). The summed E-state index contributed by atoms with van der Waals surface area (Å²) in [5, 5.41) is 12.6. The molecule has 0 unspecified atom stereocenters. The molecule has 1 heterocycles. The summed E-state index contributed by atoms with van der Waals surface area (Å²) >= 11 is 1.15. The van der Waals surface area contributed by atoms with E-state index in [0.29, 0.717) is 11.4 Å². The van der Waals surface area contributed by atoms with E-state index >= 15 is 0 Å². The van der Waals surface area contributed by atoms with Crippen molar-refractivity contribution in [3.63, 3.8) is 0 Å². The molecular formula is C21H18N2O4S. The number of carboxylic acids is 1. The monoisotopic (exact) mass is 394 g/mol. The summed E-state index contributed by atoms with van der Waals surface area (Å²) in [5.41, 5.74) is 4.38. The van der Waals surface area contributed by atoms with Gasteiger partial charge in [-0.1, -0.05) is 55.5 Å². The number of amides is 1. The highest BCUT2D eigenvalue weighted by Crippen LogP contribution is 2.44. The maximum Gasteiger partial charge on any atom is 0.412 e. The van der Waals surface area contributed by atoms with E-state index in [0.717, 1.165) is 33.6 Å². The number of thiazole rings is 1. The Kier molecular flexibility index (Phi) is 4.83. The first-order valence-electron chi connectivity index (χ1n) is 8.93. The average Bonchev–Trinajstić information content (AvgIpc) is 3.25. The van der Waals surface area contributed by atoms with Crippen LogP contribution in [0.25, 0.3) is 11.1 Å². The molecule has 0 fully saturated rings. The molecule has 1 aliphatic carbocycles. The van der Waals surface area contributed by atoms with Crippen LogP contribution in [0.5, 0.6) is 0 Å². The van der Waals surface area contributed by atoms with E-state index in [9.17, 15) is 14.7 Å². The van der Waals surface area contributed by atoms with Crippen molar-refractivity contribution in [1.82, 2.24) is 4.98 Å². The van der Waals surface area contributed by atoms with E-state index in [-0.39, 0.29) is 23.2 Å². The largest absolute Gasteiger partial charge is 0.476 e. The van der Waals surface area contributed by atoms with Crippen molar-refractivity contribution in [1.29, 1.82) is 0 Å². The Bertz CT molecular complexity index is 1010. The van der Waals surface area contributed by atoms with Gasteiger partial charge in [0, 0.05) is 5.92 Å². The van der Waals surface area contributed by atoms with Crippen LogP contribution in [0.3, 0.4) is 0 Å². The van der Waals surface area contributed by atoms with Crippen LogP contribution in [-0.4, -0.2) is 28.8 Å². The molecule has 0 spiro atoms. The molecule has 28 heavy (non-hydrogen) atoms. The lowest BCUT2D eigenvalue weighted by molar-refractivity contribution is 0.0692. The number of aryl methyl sites for hydroxylation is 1. The Balaban J connectivity index is 1.50. The van der Waals surface area contributed by atoms with Gasteiger partial charge in [0.2, 0.25) is 0 Å². The molecule has 2 aromatic carbocycles. The molecular weight excluding hydrogens is 376 g/mol. The van der Waals surface area contributed by atoms with Crippen molar-refractivity contribution in [2.45, 2.75) is 19.3 Å². The molecule has 2 N–H and O–H groups in total. The Morgan fingerprint density at radius 2 is 1.71 bits per heavy atom. The van der Waals surface area contributed by atoms with Crippen molar-refractivity contribution < 1.29 is 19.4 Å². The first-order valence-corrected chi connectivity index (χ1v) is 9.75. The Hall–Kier alpha value is -3.19. The fourth-order valence-electron chi connectivity index (χ4n) is 3.47. The third-order valence-electron chi connectivity index (χ3n) is 4.74. The van der Waals surface area contributed by atoms with Gasteiger partial charge in [-0.25, -0.2) is 14.6 Å². The molecule has 1 aromatic heterocycles. The van der Waals surface area contributed by atoms with Gasteiger partial charge in [0.1, 0.15) is 11.6 Å². The number of carbonyl (C=O) groups excluding carboxylic acids is 1. The van der Waals surface area contributed by atoms with Crippen molar-refractivity contribution in [2.75, 3.05) is 11.9 Å². The average molecular weight is 394 g/mol. The van der Waals surface area contributed by atoms with Crippen molar-refractivity contribution in [3.05, 3.63) is 70.4 Å². The van der Waals surface area contributed by atoms with Crippen LogP contribution in [0.1, 0.15) is 39.5 Å². The number of carboxylic acid groups (broad SMARTS) is 1. The van der Waals surface area contributed by atoms with Crippen LogP contribution < -0.4 is 5.32 Å². The Morgan fingerprint density at radius 1 is 1.11 bits per heavy atom. The topological polar surface area (TPSA) is 88.5 Å². The first-order chi connectivity index (χ1) is 13.6. The molecule has 0 saturated carbocycles. The van der Waals surface area contributed by atoms with Gasteiger partial charge in [-0.05, 0) is 28.7 Å². The summed E-state index contributed by atoms with van der Waals surface area (Å²) in [6.07, 6.45) is -0.0900.